The Morgan fingerprint density at radius 2 is 2.00 bits per heavy atom. The van der Waals surface area contributed by atoms with Gasteiger partial charge in [0.25, 0.3) is 0 Å². The fraction of sp³-hybridized carbons (Fsp3) is 0. The molecule has 1 aromatic carbocycles. The predicted octanol–water partition coefficient (Wildman–Crippen LogP) is 2.27. The summed E-state index contributed by atoms with van der Waals surface area (Å²) in [5.41, 5.74) is 3.76. The second-order valence-corrected chi connectivity index (χ2v) is 5.52. The summed E-state index contributed by atoms with van der Waals surface area (Å²) in [5, 5.41) is 0. The smallest absolute Gasteiger partial charge is 0.226 e. The van der Waals surface area contributed by atoms with E-state index in [-0.39, 0.29) is 0 Å². The van der Waals surface area contributed by atoms with Gasteiger partial charge in [0.2, 0.25) is 5.89 Å². The molecule has 2 heterocycles. The van der Waals surface area contributed by atoms with Crippen molar-refractivity contribution in [2.75, 3.05) is 0 Å². The molecule has 3 aromatic rings. The van der Waals surface area contributed by atoms with Gasteiger partial charge in [0.1, 0.15) is 19.8 Å². The fourth-order valence-corrected chi connectivity index (χ4v) is 2.72. The molecule has 0 atom stereocenters. The van der Waals surface area contributed by atoms with Crippen LogP contribution >= 0.6 is 22.6 Å². The Morgan fingerprint density at radius 3 is 2.74 bits per heavy atom. The third-order valence-electron chi connectivity index (χ3n) is 2.72. The van der Waals surface area contributed by atoms with Gasteiger partial charge in [-0.15, -0.1) is 0 Å². The number of oxazole rings is 1. The summed E-state index contributed by atoms with van der Waals surface area (Å²) in [5.74, 6) is 0.627. The zero-order valence-electron chi connectivity index (χ0n) is 10.3. The highest BCUT2D eigenvalue weighted by atomic mass is 127. The quantitative estimate of drug-likeness (QED) is 0.520. The average Bonchev–Trinajstić information content (AvgIpc) is 2.88. The van der Waals surface area contributed by atoms with Gasteiger partial charge in [-0.05, 0) is 40.8 Å². The number of aromatic nitrogens is 2. The summed E-state index contributed by atoms with van der Waals surface area (Å²) >= 11 is 2.29. The Kier molecular flexibility index (Phi) is 3.37. The van der Waals surface area contributed by atoms with E-state index in [1.165, 1.54) is 9.03 Å². The van der Waals surface area contributed by atoms with Gasteiger partial charge >= 0.3 is 0 Å². The monoisotopic (exact) mass is 360 g/mol. The summed E-state index contributed by atoms with van der Waals surface area (Å²) in [7, 11) is 2.06. The van der Waals surface area contributed by atoms with Crippen molar-refractivity contribution in [2.45, 2.75) is 0 Å². The van der Waals surface area contributed by atoms with E-state index in [1.54, 1.807) is 12.5 Å². The summed E-state index contributed by atoms with van der Waals surface area (Å²) in [4.78, 5) is 8.77. The summed E-state index contributed by atoms with van der Waals surface area (Å²) in [6.45, 7) is 0. The van der Waals surface area contributed by atoms with E-state index >= 15 is 0 Å². The molecule has 0 aliphatic heterocycles. The van der Waals surface area contributed by atoms with Crippen LogP contribution in [0.4, 0.5) is 0 Å². The molecular weight excluding hydrogens is 350 g/mol. The molecule has 0 N–H and O–H groups in total. The van der Waals surface area contributed by atoms with E-state index in [4.69, 9.17) is 4.42 Å². The van der Waals surface area contributed by atoms with Crippen molar-refractivity contribution in [1.29, 1.82) is 0 Å². The van der Waals surface area contributed by atoms with Gasteiger partial charge in [-0.25, -0.2) is 4.98 Å². The molecule has 0 spiro atoms. The van der Waals surface area contributed by atoms with Gasteiger partial charge in [0.15, 0.2) is 0 Å². The molecule has 0 amide bonds. The van der Waals surface area contributed by atoms with Gasteiger partial charge in [-0.2, -0.15) is 0 Å². The average molecular weight is 360 g/mol. The maximum absolute atomic E-state index is 5.56. The van der Waals surface area contributed by atoms with Crippen molar-refractivity contribution in [3.05, 3.63) is 52.4 Å². The highest BCUT2D eigenvalue weighted by Crippen LogP contribution is 2.23. The summed E-state index contributed by atoms with van der Waals surface area (Å²) in [6.07, 6.45) is 3.39. The first-order valence-corrected chi connectivity index (χ1v) is 6.95. The van der Waals surface area contributed by atoms with E-state index in [2.05, 4.69) is 58.6 Å². The molecular formula is C14H10BIN2O. The second kappa shape index (κ2) is 5.17. The molecule has 2 aromatic heterocycles. The third kappa shape index (κ3) is 2.70. The van der Waals surface area contributed by atoms with Crippen LogP contribution in [0.15, 0.2) is 53.3 Å². The highest BCUT2D eigenvalue weighted by Gasteiger charge is 2.09. The summed E-state index contributed by atoms with van der Waals surface area (Å²) < 4.78 is 6.73. The van der Waals surface area contributed by atoms with Gasteiger partial charge in [-0.3, -0.25) is 4.98 Å². The number of halogens is 1. The van der Waals surface area contributed by atoms with Gasteiger partial charge < -0.3 is 4.42 Å². The molecule has 0 aliphatic rings. The Hall–Kier alpha value is -1.63. The predicted molar refractivity (Wildman–Crippen MR) is 86.1 cm³/mol. The van der Waals surface area contributed by atoms with Gasteiger partial charge in [-0.1, -0.05) is 23.7 Å². The Morgan fingerprint density at radius 1 is 1.11 bits per heavy atom. The molecule has 5 heteroatoms. The second-order valence-electron chi connectivity index (χ2n) is 4.27. The fourth-order valence-electron chi connectivity index (χ4n) is 1.90. The standard InChI is InChI=1S/C14H10BIN2O/c15-10-5-9(6-11(16)7-10)14-18-13(8-19-14)12-3-1-2-4-17-12/h1-8H,15H2. The lowest BCUT2D eigenvalue weighted by Crippen LogP contribution is -2.02. The molecule has 0 unspecified atom stereocenters. The Labute approximate surface area is 125 Å². The van der Waals surface area contributed by atoms with E-state index in [9.17, 15) is 0 Å². The van der Waals surface area contributed by atoms with Crippen LogP contribution in [-0.4, -0.2) is 17.8 Å². The highest BCUT2D eigenvalue weighted by molar-refractivity contribution is 14.1. The van der Waals surface area contributed by atoms with Crippen LogP contribution in [0.3, 0.4) is 0 Å². The van der Waals surface area contributed by atoms with Crippen molar-refractivity contribution >= 4 is 35.9 Å². The van der Waals surface area contributed by atoms with Crippen molar-refractivity contribution in [2.24, 2.45) is 0 Å². The van der Waals surface area contributed by atoms with Crippen LogP contribution in [0.2, 0.25) is 0 Å². The van der Waals surface area contributed by atoms with Crippen LogP contribution in [0.25, 0.3) is 22.8 Å². The first kappa shape index (κ1) is 12.4. The third-order valence-corrected chi connectivity index (χ3v) is 3.34. The van der Waals surface area contributed by atoms with Crippen LogP contribution in [0.5, 0.6) is 0 Å². The molecule has 0 bridgehead atoms. The molecule has 0 saturated heterocycles. The number of hydrogen-bond donors (Lipinski definition) is 0. The minimum atomic E-state index is 0.627. The van der Waals surface area contributed by atoms with Crippen LogP contribution in [0.1, 0.15) is 0 Å². The lowest BCUT2D eigenvalue weighted by atomic mass is 9.94. The minimum Gasteiger partial charge on any atom is -0.444 e. The lowest BCUT2D eigenvalue weighted by molar-refractivity contribution is 0.575. The van der Waals surface area contributed by atoms with Crippen LogP contribution < -0.4 is 5.46 Å². The number of pyridine rings is 1. The minimum absolute atomic E-state index is 0.627. The van der Waals surface area contributed by atoms with Gasteiger partial charge in [0.05, 0.1) is 5.69 Å². The molecule has 3 rings (SSSR count). The zero-order valence-corrected chi connectivity index (χ0v) is 12.5. The molecule has 0 fully saturated rings. The lowest BCUT2D eigenvalue weighted by Gasteiger charge is -1.99. The topological polar surface area (TPSA) is 38.9 Å². The Bertz CT molecular complexity index is 692. The maximum Gasteiger partial charge on any atom is 0.226 e. The van der Waals surface area contributed by atoms with Crippen molar-refractivity contribution in [3.8, 4) is 22.8 Å². The molecule has 19 heavy (non-hydrogen) atoms. The SMILES string of the molecule is Bc1cc(I)cc(-c2nc(-c3ccccn3)co2)c1. The van der Waals surface area contributed by atoms with E-state index in [0.29, 0.717) is 5.89 Å². The molecule has 0 radical (unpaired) electrons. The molecule has 0 aliphatic carbocycles. The Balaban J connectivity index is 2.02. The molecule has 0 saturated carbocycles. The first-order valence-electron chi connectivity index (χ1n) is 5.87. The van der Waals surface area contributed by atoms with Crippen molar-refractivity contribution in [3.63, 3.8) is 0 Å². The van der Waals surface area contributed by atoms with Crippen molar-refractivity contribution in [1.82, 2.24) is 9.97 Å². The number of benzene rings is 1. The van der Waals surface area contributed by atoms with Crippen LogP contribution in [-0.2, 0) is 0 Å². The molecule has 92 valence electrons. The first-order chi connectivity index (χ1) is 9.22. The number of nitrogens with zero attached hydrogens (tertiary/aromatic N) is 2. The van der Waals surface area contributed by atoms with E-state index < -0.39 is 0 Å². The van der Waals surface area contributed by atoms with Gasteiger partial charge in [0, 0.05) is 15.3 Å². The normalized spacial score (nSPS) is 10.6. The largest absolute Gasteiger partial charge is 0.444 e. The van der Waals surface area contributed by atoms with Crippen molar-refractivity contribution < 1.29 is 4.42 Å². The summed E-state index contributed by atoms with van der Waals surface area (Å²) in [6, 6.07) is 12.0. The van der Waals surface area contributed by atoms with Crippen LogP contribution in [0, 0.1) is 3.57 Å². The number of hydrogen-bond acceptors (Lipinski definition) is 3. The number of rotatable bonds is 2. The zero-order chi connectivity index (χ0) is 13.2. The van der Waals surface area contributed by atoms with E-state index in [0.717, 1.165) is 17.0 Å². The maximum atomic E-state index is 5.56. The van der Waals surface area contributed by atoms with E-state index in [1.807, 2.05) is 18.2 Å². The molecule has 3 nitrogen and oxygen atoms in total.